The van der Waals surface area contributed by atoms with E-state index in [2.05, 4.69) is 13.8 Å². The molecule has 0 rings (SSSR count). The Morgan fingerprint density at radius 1 is 1.27 bits per heavy atom. The van der Waals surface area contributed by atoms with Gasteiger partial charge >= 0.3 is 69.2 Å². The molecular formula is C8H21O2P. The summed E-state index contributed by atoms with van der Waals surface area (Å²) in [5.41, 5.74) is 0. The molecule has 0 aliphatic carbocycles. The number of aliphatic hydroxyl groups excluding tert-OH is 2. The van der Waals surface area contributed by atoms with Crippen molar-refractivity contribution in [1.29, 1.82) is 0 Å². The van der Waals surface area contributed by atoms with Crippen LogP contribution in [0, 0.1) is 0 Å². The Kier molecular flexibility index (Phi) is 5.24. The van der Waals surface area contributed by atoms with E-state index in [9.17, 15) is 5.11 Å². The summed E-state index contributed by atoms with van der Waals surface area (Å²) in [6.45, 7) is 6.35. The molecule has 0 fully saturated rings. The fraction of sp³-hybridized carbons (Fsp3) is 1.00. The van der Waals surface area contributed by atoms with E-state index in [4.69, 9.17) is 5.11 Å². The summed E-state index contributed by atoms with van der Waals surface area (Å²) < 4.78 is 0. The molecule has 0 aliphatic heterocycles. The van der Waals surface area contributed by atoms with E-state index in [-0.39, 0.29) is 12.5 Å². The molecule has 0 bridgehead atoms. The van der Waals surface area contributed by atoms with Crippen molar-refractivity contribution in [2.75, 3.05) is 25.1 Å². The van der Waals surface area contributed by atoms with Crippen molar-refractivity contribution in [3.05, 3.63) is 0 Å². The standard InChI is InChI=1S/C8H21O2P/c1-4-11(5-2,7-6-9)8(3)10/h8-11H,4-7H2,1-3H3. The van der Waals surface area contributed by atoms with Gasteiger partial charge in [0.1, 0.15) is 0 Å². The van der Waals surface area contributed by atoms with Crippen molar-refractivity contribution >= 4 is 7.26 Å². The average molecular weight is 180 g/mol. The van der Waals surface area contributed by atoms with E-state index in [1.165, 1.54) is 0 Å². The Bertz CT molecular complexity index is 100. The first-order valence-corrected chi connectivity index (χ1v) is 7.11. The molecule has 0 aliphatic rings. The van der Waals surface area contributed by atoms with Crippen molar-refractivity contribution in [2.45, 2.75) is 26.6 Å². The second-order valence-electron chi connectivity index (χ2n) is 3.22. The maximum atomic E-state index is 9.54. The van der Waals surface area contributed by atoms with Gasteiger partial charge in [-0.25, -0.2) is 0 Å². The quantitative estimate of drug-likeness (QED) is 0.622. The van der Waals surface area contributed by atoms with Crippen molar-refractivity contribution in [3.63, 3.8) is 0 Å². The predicted molar refractivity (Wildman–Crippen MR) is 53.0 cm³/mol. The summed E-state index contributed by atoms with van der Waals surface area (Å²) in [6.07, 6.45) is 2.99. The Labute approximate surface area is 70.0 Å². The molecule has 0 saturated heterocycles. The first kappa shape index (κ1) is 11.4. The van der Waals surface area contributed by atoms with Crippen LogP contribution >= 0.6 is 7.26 Å². The SMILES string of the molecule is CC[PH](CC)(CCO)C(C)O. The van der Waals surface area contributed by atoms with Crippen molar-refractivity contribution in [1.82, 2.24) is 0 Å². The van der Waals surface area contributed by atoms with Crippen LogP contribution in [0.3, 0.4) is 0 Å². The van der Waals surface area contributed by atoms with Gasteiger partial charge in [0.15, 0.2) is 0 Å². The summed E-state index contributed by atoms with van der Waals surface area (Å²) in [7, 11) is -1.52. The molecule has 1 unspecified atom stereocenters. The molecule has 2 nitrogen and oxygen atoms in total. The zero-order chi connectivity index (χ0) is 8.91. The molecule has 11 heavy (non-hydrogen) atoms. The van der Waals surface area contributed by atoms with E-state index < -0.39 is 7.26 Å². The third-order valence-corrected chi connectivity index (χ3v) is 8.71. The van der Waals surface area contributed by atoms with Gasteiger partial charge in [-0.2, -0.15) is 0 Å². The predicted octanol–water partition coefficient (Wildman–Crippen LogP) is 1.11. The summed E-state index contributed by atoms with van der Waals surface area (Å²) in [6, 6.07) is 0. The normalized spacial score (nSPS) is 16.5. The number of hydrogen-bond donors (Lipinski definition) is 2. The van der Waals surface area contributed by atoms with Crippen LogP contribution in [-0.2, 0) is 0 Å². The molecule has 0 saturated carbocycles. The van der Waals surface area contributed by atoms with Crippen LogP contribution in [0.15, 0.2) is 0 Å². The summed E-state index contributed by atoms with van der Waals surface area (Å²) in [5, 5.41) is 18.4. The minimum atomic E-state index is -1.52. The van der Waals surface area contributed by atoms with Gasteiger partial charge < -0.3 is 0 Å². The van der Waals surface area contributed by atoms with Gasteiger partial charge in [-0.3, -0.25) is 0 Å². The van der Waals surface area contributed by atoms with E-state index in [0.29, 0.717) is 0 Å². The van der Waals surface area contributed by atoms with Gasteiger partial charge in [-0.1, -0.05) is 0 Å². The molecule has 0 aromatic carbocycles. The fourth-order valence-electron chi connectivity index (χ4n) is 1.63. The van der Waals surface area contributed by atoms with Gasteiger partial charge in [0.05, 0.1) is 0 Å². The van der Waals surface area contributed by atoms with E-state index in [1.807, 2.05) is 6.92 Å². The van der Waals surface area contributed by atoms with E-state index in [1.54, 1.807) is 0 Å². The van der Waals surface area contributed by atoms with Crippen LogP contribution in [0.25, 0.3) is 0 Å². The Morgan fingerprint density at radius 3 is 1.82 bits per heavy atom. The summed E-state index contributed by atoms with van der Waals surface area (Å²) in [4.78, 5) is 0. The average Bonchev–Trinajstić information content (AvgIpc) is 2.00. The van der Waals surface area contributed by atoms with Gasteiger partial charge in [0, 0.05) is 0 Å². The second-order valence-corrected chi connectivity index (χ2v) is 8.69. The molecular weight excluding hydrogens is 159 g/mol. The van der Waals surface area contributed by atoms with Crippen molar-refractivity contribution < 1.29 is 10.2 Å². The maximum absolute atomic E-state index is 9.54. The topological polar surface area (TPSA) is 40.5 Å². The molecule has 70 valence electrons. The second kappa shape index (κ2) is 5.08. The molecule has 0 heterocycles. The summed E-state index contributed by atoms with van der Waals surface area (Å²) in [5.74, 6) is -0.176. The molecule has 0 radical (unpaired) electrons. The first-order chi connectivity index (χ1) is 5.13. The number of rotatable bonds is 5. The molecule has 0 amide bonds. The van der Waals surface area contributed by atoms with Crippen LogP contribution in [0.5, 0.6) is 0 Å². The van der Waals surface area contributed by atoms with Crippen molar-refractivity contribution in [3.8, 4) is 0 Å². The monoisotopic (exact) mass is 180 g/mol. The molecule has 2 N–H and O–H groups in total. The number of aliphatic hydroxyl groups is 2. The van der Waals surface area contributed by atoms with Gasteiger partial charge in [0.2, 0.25) is 0 Å². The fourth-order valence-corrected chi connectivity index (χ4v) is 4.88. The molecule has 3 heteroatoms. The Balaban J connectivity index is 4.20. The van der Waals surface area contributed by atoms with Crippen molar-refractivity contribution in [2.24, 2.45) is 0 Å². The van der Waals surface area contributed by atoms with E-state index >= 15 is 0 Å². The van der Waals surface area contributed by atoms with Crippen LogP contribution in [0.4, 0.5) is 0 Å². The number of hydrogen-bond acceptors (Lipinski definition) is 2. The zero-order valence-corrected chi connectivity index (χ0v) is 8.80. The summed E-state index contributed by atoms with van der Waals surface area (Å²) >= 11 is 0. The van der Waals surface area contributed by atoms with Crippen LogP contribution in [-0.4, -0.2) is 41.2 Å². The molecule has 0 spiro atoms. The zero-order valence-electron chi connectivity index (χ0n) is 7.80. The first-order valence-electron chi connectivity index (χ1n) is 4.42. The molecule has 0 aromatic rings. The van der Waals surface area contributed by atoms with Gasteiger partial charge in [-0.05, 0) is 0 Å². The Morgan fingerprint density at radius 2 is 1.73 bits per heavy atom. The molecule has 0 aromatic heterocycles. The van der Waals surface area contributed by atoms with Crippen LogP contribution in [0.1, 0.15) is 20.8 Å². The van der Waals surface area contributed by atoms with Crippen LogP contribution in [0.2, 0.25) is 0 Å². The van der Waals surface area contributed by atoms with Crippen LogP contribution < -0.4 is 0 Å². The third-order valence-electron chi connectivity index (χ3n) is 2.90. The van der Waals surface area contributed by atoms with E-state index in [0.717, 1.165) is 18.5 Å². The minimum absolute atomic E-state index is 0.176. The Hall–Kier alpha value is 0.350. The molecule has 1 atom stereocenters. The van der Waals surface area contributed by atoms with Gasteiger partial charge in [0.25, 0.3) is 0 Å². The van der Waals surface area contributed by atoms with Gasteiger partial charge in [-0.15, -0.1) is 0 Å². The third kappa shape index (κ3) is 2.70.